The van der Waals surface area contributed by atoms with Crippen LogP contribution in [0.1, 0.15) is 110 Å². The number of carbonyl (C=O) groups excluding carboxylic acids is 1. The van der Waals surface area contributed by atoms with Gasteiger partial charge >= 0.3 is 5.97 Å². The fourth-order valence-corrected chi connectivity index (χ4v) is 10.3. The van der Waals surface area contributed by atoms with Crippen molar-refractivity contribution in [3.8, 4) is 11.5 Å². The predicted molar refractivity (Wildman–Crippen MR) is 284 cm³/mol. The Morgan fingerprint density at radius 1 is 0.500 bits per heavy atom. The number of carbonyl (C=O) groups is 1. The van der Waals surface area contributed by atoms with Crippen LogP contribution in [0.15, 0.2) is 152 Å². The first-order chi connectivity index (χ1) is 33.2. The summed E-state index contributed by atoms with van der Waals surface area (Å²) in [6, 6.07) is 49.3. The number of hydrogen-bond acceptors (Lipinski definition) is 8. The van der Waals surface area contributed by atoms with Crippen molar-refractivity contribution in [3.63, 3.8) is 0 Å². The summed E-state index contributed by atoms with van der Waals surface area (Å²) in [5.41, 5.74) is 13.2. The molecule has 0 aromatic heterocycles. The van der Waals surface area contributed by atoms with Crippen molar-refractivity contribution in [1.29, 1.82) is 0 Å². The summed E-state index contributed by atoms with van der Waals surface area (Å²) >= 11 is 0. The molecule has 0 spiro atoms. The lowest BCUT2D eigenvalue weighted by molar-refractivity contribution is -0.147. The van der Waals surface area contributed by atoms with Crippen molar-refractivity contribution < 1.29 is 30.0 Å². The van der Waals surface area contributed by atoms with Gasteiger partial charge in [0.1, 0.15) is 18.1 Å². The minimum Gasteiger partial charge on any atom is -0.508 e. The van der Waals surface area contributed by atoms with Gasteiger partial charge in [-0.2, -0.15) is 0 Å². The molecule has 362 valence electrons. The molecule has 1 aliphatic rings. The van der Waals surface area contributed by atoms with Crippen molar-refractivity contribution in [2.24, 2.45) is 5.92 Å². The van der Waals surface area contributed by atoms with E-state index < -0.39 is 35.9 Å². The number of aromatic hydroxyl groups is 2. The number of aliphatic hydroxyl groups is 2. The Balaban J connectivity index is 1.19. The average Bonchev–Trinajstić information content (AvgIpc) is 3.54. The van der Waals surface area contributed by atoms with E-state index in [-0.39, 0.29) is 35.4 Å². The van der Waals surface area contributed by atoms with Gasteiger partial charge in [0.2, 0.25) is 0 Å². The third-order valence-corrected chi connectivity index (χ3v) is 14.2. The fourth-order valence-electron chi connectivity index (χ4n) is 10.3. The Hall–Kier alpha value is -6.87. The highest BCUT2D eigenvalue weighted by molar-refractivity contribution is 5.83. The summed E-state index contributed by atoms with van der Waals surface area (Å²) < 4.78 is 5.77. The maximum atomic E-state index is 13.8. The monoisotopic (exact) mass is 937 g/mol. The lowest BCUT2D eigenvalue weighted by Crippen LogP contribution is -2.25. The molecule has 7 aromatic rings. The molecule has 2 unspecified atom stereocenters. The van der Waals surface area contributed by atoms with Gasteiger partial charge in [-0.05, 0) is 114 Å². The number of phenols is 2. The van der Waals surface area contributed by atoms with E-state index in [2.05, 4.69) is 140 Å². The number of ether oxygens (including phenoxy) is 1. The number of aliphatic hydroxyl groups excluding tert-OH is 2. The van der Waals surface area contributed by atoms with Crippen molar-refractivity contribution in [2.45, 2.75) is 117 Å². The molecular weight excluding hydrogens is 869 g/mol. The first-order valence-corrected chi connectivity index (χ1v) is 24.4. The minimum atomic E-state index is -1.32. The predicted octanol–water partition coefficient (Wildman–Crippen LogP) is 14.2. The van der Waals surface area contributed by atoms with Crippen molar-refractivity contribution in [1.82, 2.24) is 0 Å². The van der Waals surface area contributed by atoms with Gasteiger partial charge < -0.3 is 35.0 Å². The van der Waals surface area contributed by atoms with Gasteiger partial charge in [0, 0.05) is 75.1 Å². The molecule has 0 amide bonds. The standard InChI is InChI=1S/C62H68N2O6/c1-38-18-14-16-22-50(38)63(52-30-24-43(32-40(52)3)61(5,6)7)45-26-28-47(54(65)34-45)57-49(36-56(67)70-37-42-20-12-11-13-21-42)59(68)58(60(57)69)48-29-27-46(35-55(48)66)64(51-23-17-15-19-39(51)2)53-31-25-44(33-41(53)4)62(8,9)10/h11-35,49,57-60,65-66,68-69H,36-37H2,1-10H3/t49-,57-,58+,59?,60?/m0/s1. The minimum absolute atomic E-state index is 0.0437. The highest BCUT2D eigenvalue weighted by Gasteiger charge is 2.52. The third kappa shape index (κ3) is 10.1. The summed E-state index contributed by atoms with van der Waals surface area (Å²) in [5, 5.41) is 49.4. The molecule has 8 nitrogen and oxygen atoms in total. The van der Waals surface area contributed by atoms with E-state index in [4.69, 9.17) is 4.74 Å². The molecule has 8 heteroatoms. The van der Waals surface area contributed by atoms with E-state index in [1.807, 2.05) is 66.7 Å². The number of rotatable bonds is 12. The lowest BCUT2D eigenvalue weighted by Gasteiger charge is -2.31. The molecule has 8 rings (SSSR count). The largest absolute Gasteiger partial charge is 0.508 e. The summed E-state index contributed by atoms with van der Waals surface area (Å²) in [6.07, 6.45) is -2.88. The highest BCUT2D eigenvalue weighted by atomic mass is 16.5. The molecule has 1 saturated carbocycles. The summed E-state index contributed by atoms with van der Waals surface area (Å²) in [4.78, 5) is 18.0. The van der Waals surface area contributed by atoms with Crippen molar-refractivity contribution >= 4 is 40.1 Å². The smallest absolute Gasteiger partial charge is 0.306 e. The van der Waals surface area contributed by atoms with E-state index >= 15 is 0 Å². The molecule has 0 aliphatic heterocycles. The molecule has 0 radical (unpaired) electrons. The van der Waals surface area contributed by atoms with Gasteiger partial charge in [0.05, 0.1) is 18.6 Å². The van der Waals surface area contributed by atoms with Crippen LogP contribution in [0.4, 0.5) is 34.1 Å². The van der Waals surface area contributed by atoms with Crippen LogP contribution in [0.25, 0.3) is 0 Å². The Kier molecular flexibility index (Phi) is 14.1. The number of anilines is 6. The Morgan fingerprint density at radius 3 is 1.36 bits per heavy atom. The third-order valence-electron chi connectivity index (χ3n) is 14.2. The van der Waals surface area contributed by atoms with Crippen LogP contribution >= 0.6 is 0 Å². The molecule has 4 N–H and O–H groups in total. The zero-order valence-electron chi connectivity index (χ0n) is 42.2. The number of benzene rings is 7. The Bertz CT molecular complexity index is 3000. The highest BCUT2D eigenvalue weighted by Crippen LogP contribution is 2.54. The molecule has 1 fully saturated rings. The second-order valence-electron chi connectivity index (χ2n) is 21.3. The first kappa shape index (κ1) is 49.5. The van der Waals surface area contributed by atoms with Crippen LogP contribution in [0.2, 0.25) is 0 Å². The van der Waals surface area contributed by atoms with Gasteiger partial charge in [0.15, 0.2) is 0 Å². The second kappa shape index (κ2) is 19.9. The molecular formula is C62H68N2O6. The van der Waals surface area contributed by atoms with Crippen LogP contribution in [0.5, 0.6) is 11.5 Å². The maximum absolute atomic E-state index is 13.8. The number of esters is 1. The van der Waals surface area contributed by atoms with Gasteiger partial charge in [-0.15, -0.1) is 0 Å². The van der Waals surface area contributed by atoms with Crippen LogP contribution in [-0.2, 0) is 27.0 Å². The van der Waals surface area contributed by atoms with Crippen molar-refractivity contribution in [2.75, 3.05) is 9.80 Å². The molecule has 0 heterocycles. The summed E-state index contributed by atoms with van der Waals surface area (Å²) in [6.45, 7) is 21.5. The van der Waals surface area contributed by atoms with Gasteiger partial charge in [-0.25, -0.2) is 0 Å². The van der Waals surface area contributed by atoms with Crippen LogP contribution < -0.4 is 9.80 Å². The Labute approximate surface area is 414 Å². The van der Waals surface area contributed by atoms with Crippen LogP contribution in [0, 0.1) is 33.6 Å². The molecule has 0 saturated heterocycles. The molecule has 70 heavy (non-hydrogen) atoms. The number of para-hydroxylation sites is 2. The number of hydrogen-bond donors (Lipinski definition) is 4. The van der Waals surface area contributed by atoms with Crippen LogP contribution in [-0.4, -0.2) is 38.6 Å². The summed E-state index contributed by atoms with van der Waals surface area (Å²) in [5.74, 6) is -3.62. The normalized spacial score (nSPS) is 18.1. The maximum Gasteiger partial charge on any atom is 0.306 e. The average molecular weight is 937 g/mol. The number of phenolic OH excluding ortho intramolecular Hbond substituents is 2. The zero-order chi connectivity index (χ0) is 50.2. The SMILES string of the molecule is Cc1ccccc1N(c1ccc([C@@H]2C(O)[C@@H](CC(=O)OCc3ccccc3)[C@H](c3ccc(N(c4ccccc4C)c4ccc(C(C)(C)C)cc4C)cc3O)C2O)c(O)c1)c1ccc(C(C)(C)C)cc1C. The molecule has 5 atom stereocenters. The number of nitrogens with zero attached hydrogens (tertiary/aromatic N) is 2. The van der Waals surface area contributed by atoms with E-state index in [0.717, 1.165) is 50.6 Å². The molecule has 1 aliphatic carbocycles. The van der Waals surface area contributed by atoms with E-state index in [1.54, 1.807) is 24.3 Å². The quantitative estimate of drug-likeness (QED) is 0.0896. The van der Waals surface area contributed by atoms with Crippen molar-refractivity contribution in [3.05, 3.63) is 202 Å². The lowest BCUT2D eigenvalue weighted by atomic mass is 9.84. The zero-order valence-corrected chi connectivity index (χ0v) is 42.2. The van der Waals surface area contributed by atoms with Gasteiger partial charge in [0.25, 0.3) is 0 Å². The van der Waals surface area contributed by atoms with E-state index in [0.29, 0.717) is 22.5 Å². The van der Waals surface area contributed by atoms with E-state index in [9.17, 15) is 25.2 Å². The van der Waals surface area contributed by atoms with Gasteiger partial charge in [-0.1, -0.05) is 145 Å². The summed E-state index contributed by atoms with van der Waals surface area (Å²) in [7, 11) is 0. The Morgan fingerprint density at radius 2 is 0.929 bits per heavy atom. The van der Waals surface area contributed by atoms with Crippen LogP contribution in [0.3, 0.4) is 0 Å². The fraction of sp³-hybridized carbons (Fsp3) is 0.306. The number of aryl methyl sites for hydroxylation is 4. The first-order valence-electron chi connectivity index (χ1n) is 24.4. The van der Waals surface area contributed by atoms with E-state index in [1.165, 1.54) is 11.1 Å². The topological polar surface area (TPSA) is 114 Å². The molecule has 0 bridgehead atoms. The molecule has 7 aromatic carbocycles. The second-order valence-corrected chi connectivity index (χ2v) is 21.3. The van der Waals surface area contributed by atoms with Gasteiger partial charge in [-0.3, -0.25) is 4.79 Å².